The van der Waals surface area contributed by atoms with Crippen molar-refractivity contribution in [3.05, 3.63) is 138 Å². The molecule has 8 nitrogen and oxygen atoms in total. The molecule has 1 aromatic heterocycles. The van der Waals surface area contributed by atoms with Gasteiger partial charge in [0.1, 0.15) is 17.2 Å². The van der Waals surface area contributed by atoms with Crippen LogP contribution in [0.3, 0.4) is 0 Å². The van der Waals surface area contributed by atoms with Crippen LogP contribution in [0.4, 0.5) is 5.69 Å². The van der Waals surface area contributed by atoms with Gasteiger partial charge in [0, 0.05) is 32.5 Å². The van der Waals surface area contributed by atoms with E-state index in [1.165, 1.54) is 18.9 Å². The Morgan fingerprint density at radius 2 is 1.42 bits per heavy atom. The summed E-state index contributed by atoms with van der Waals surface area (Å²) in [5.74, 6) is 0.0232. The van der Waals surface area contributed by atoms with Crippen LogP contribution in [-0.2, 0) is 4.79 Å². The first-order valence-electron chi connectivity index (χ1n) is 15.3. The van der Waals surface area contributed by atoms with Crippen LogP contribution in [0.1, 0.15) is 27.6 Å². The Balaban J connectivity index is 1.25. The number of hydrogen-bond donors (Lipinski definition) is 2. The lowest BCUT2D eigenvalue weighted by molar-refractivity contribution is -0.113. The van der Waals surface area contributed by atoms with Crippen LogP contribution < -0.4 is 20.1 Å². The highest BCUT2D eigenvalue weighted by Gasteiger charge is 2.22. The van der Waals surface area contributed by atoms with E-state index in [0.717, 1.165) is 26.7 Å². The number of anilines is 1. The van der Waals surface area contributed by atoms with Gasteiger partial charge in [-0.2, -0.15) is 0 Å². The van der Waals surface area contributed by atoms with Crippen LogP contribution in [0.2, 0.25) is 0 Å². The Morgan fingerprint density at radius 3 is 2.08 bits per heavy atom. The van der Waals surface area contributed by atoms with E-state index in [1.807, 2.05) is 73.7 Å². The summed E-state index contributed by atoms with van der Waals surface area (Å²) in [4.78, 5) is 41.6. The number of nitrogens with zero attached hydrogens (tertiary/aromatic N) is 1. The summed E-state index contributed by atoms with van der Waals surface area (Å²) in [6.07, 6.45) is 1.54. The summed E-state index contributed by atoms with van der Waals surface area (Å²) in [6.45, 7) is 1.88. The van der Waals surface area contributed by atoms with Gasteiger partial charge >= 0.3 is 0 Å². The number of aromatic nitrogens is 1. The van der Waals surface area contributed by atoms with Gasteiger partial charge in [0.2, 0.25) is 5.91 Å². The molecule has 0 saturated heterocycles. The summed E-state index contributed by atoms with van der Waals surface area (Å²) < 4.78 is 12.7. The fraction of sp³-hybridized carbons (Fsp3) is 0.103. The predicted molar refractivity (Wildman–Crippen MR) is 192 cm³/mol. The van der Waals surface area contributed by atoms with E-state index in [-0.39, 0.29) is 11.6 Å². The summed E-state index contributed by atoms with van der Waals surface area (Å²) in [5.41, 5.74) is 3.16. The van der Waals surface area contributed by atoms with Gasteiger partial charge < -0.3 is 20.1 Å². The van der Waals surface area contributed by atoms with E-state index < -0.39 is 17.1 Å². The highest BCUT2D eigenvalue weighted by molar-refractivity contribution is 8.00. The molecular formula is C39H33N3O5S. The number of para-hydroxylation sites is 2. The topological polar surface area (TPSA) is 98.7 Å². The number of carbonyl (C=O) groups excluding carboxylic acids is 3. The largest absolute Gasteiger partial charge is 0.497 e. The quantitative estimate of drug-likeness (QED) is 0.115. The molecule has 2 amide bonds. The predicted octanol–water partition coefficient (Wildman–Crippen LogP) is 8.04. The number of nitrogens with one attached hydrogen (secondary N) is 2. The SMILES string of the molecule is COc1ccc(OC)c(/C=C(/NC(=O)c2ccccc2)C(=O)Nc2cccc(SC(C)C(=O)n3c4ccccc4c4ccccc43)c2)c1. The lowest BCUT2D eigenvalue weighted by Gasteiger charge is -2.15. The molecule has 240 valence electrons. The van der Waals surface area contributed by atoms with E-state index in [0.29, 0.717) is 28.3 Å². The summed E-state index contributed by atoms with van der Waals surface area (Å²) in [7, 11) is 3.07. The Bertz CT molecular complexity index is 2120. The second-order valence-corrected chi connectivity index (χ2v) is 12.4. The zero-order valence-electron chi connectivity index (χ0n) is 26.6. The minimum absolute atomic E-state index is 0.00312. The monoisotopic (exact) mass is 655 g/mol. The van der Waals surface area contributed by atoms with Crippen molar-refractivity contribution >= 4 is 63.1 Å². The van der Waals surface area contributed by atoms with Gasteiger partial charge in [-0.1, -0.05) is 60.7 Å². The molecule has 6 rings (SSSR count). The van der Waals surface area contributed by atoms with Gasteiger partial charge in [0.25, 0.3) is 11.8 Å². The third kappa shape index (κ3) is 6.82. The lowest BCUT2D eigenvalue weighted by Crippen LogP contribution is -2.30. The third-order valence-corrected chi connectivity index (χ3v) is 8.90. The molecule has 0 aliphatic heterocycles. The molecule has 48 heavy (non-hydrogen) atoms. The standard InChI is InChI=1S/C39H33N3O5S/c1-25(39(45)42-34-18-9-7-16-31(34)32-17-8-10-19-35(32)42)48-30-15-11-14-28(24-30)40-38(44)33(41-37(43)26-12-5-4-6-13-26)23-27-22-29(46-2)20-21-36(27)47-3/h4-25H,1-3H3,(H,40,44)(H,41,43)/b33-23+. The fourth-order valence-electron chi connectivity index (χ4n) is 5.49. The number of ether oxygens (including phenoxy) is 2. The minimum atomic E-state index is -0.541. The molecule has 1 unspecified atom stereocenters. The minimum Gasteiger partial charge on any atom is -0.497 e. The van der Waals surface area contributed by atoms with Crippen molar-refractivity contribution in [3.63, 3.8) is 0 Å². The second-order valence-electron chi connectivity index (χ2n) is 10.9. The van der Waals surface area contributed by atoms with Gasteiger partial charge in [-0.25, -0.2) is 0 Å². The van der Waals surface area contributed by atoms with E-state index in [1.54, 1.807) is 72.4 Å². The smallest absolute Gasteiger partial charge is 0.272 e. The first-order valence-corrected chi connectivity index (χ1v) is 16.1. The zero-order chi connectivity index (χ0) is 33.6. The molecule has 6 aromatic rings. The Morgan fingerprint density at radius 1 is 0.750 bits per heavy atom. The molecule has 0 saturated carbocycles. The summed E-state index contributed by atoms with van der Waals surface area (Å²) >= 11 is 1.40. The summed E-state index contributed by atoms with van der Waals surface area (Å²) in [6, 6.07) is 36.9. The number of thioether (sulfide) groups is 1. The van der Waals surface area contributed by atoms with Crippen molar-refractivity contribution in [1.82, 2.24) is 9.88 Å². The molecule has 0 aliphatic carbocycles. The average Bonchev–Trinajstić information content (AvgIpc) is 3.45. The maximum Gasteiger partial charge on any atom is 0.272 e. The first-order chi connectivity index (χ1) is 23.4. The maximum atomic E-state index is 13.9. The van der Waals surface area contributed by atoms with Crippen molar-refractivity contribution in [2.45, 2.75) is 17.1 Å². The normalized spacial score (nSPS) is 12.0. The molecule has 9 heteroatoms. The molecule has 0 bridgehead atoms. The zero-order valence-corrected chi connectivity index (χ0v) is 27.4. The first kappa shape index (κ1) is 32.2. The van der Waals surface area contributed by atoms with Crippen LogP contribution in [-0.4, -0.2) is 41.8 Å². The van der Waals surface area contributed by atoms with Crippen molar-refractivity contribution in [1.29, 1.82) is 0 Å². The van der Waals surface area contributed by atoms with Crippen molar-refractivity contribution < 1.29 is 23.9 Å². The van der Waals surface area contributed by atoms with Gasteiger partial charge in [0.15, 0.2) is 0 Å². The molecule has 0 spiro atoms. The lowest BCUT2D eigenvalue weighted by atomic mass is 10.1. The Hall–Kier alpha value is -5.80. The average molecular weight is 656 g/mol. The van der Waals surface area contributed by atoms with E-state index in [9.17, 15) is 14.4 Å². The number of methoxy groups -OCH3 is 2. The molecule has 0 fully saturated rings. The number of fused-ring (bicyclic) bond motifs is 3. The molecule has 2 N–H and O–H groups in total. The fourth-order valence-corrected chi connectivity index (χ4v) is 6.46. The Kier molecular flexibility index (Phi) is 9.59. The molecule has 0 aliphatic rings. The summed E-state index contributed by atoms with van der Waals surface area (Å²) in [5, 5.41) is 7.28. The van der Waals surface area contributed by atoms with Crippen molar-refractivity contribution in [2.24, 2.45) is 0 Å². The van der Waals surface area contributed by atoms with Crippen LogP contribution in [0, 0.1) is 0 Å². The second kappa shape index (κ2) is 14.3. The van der Waals surface area contributed by atoms with Crippen molar-refractivity contribution in [2.75, 3.05) is 19.5 Å². The van der Waals surface area contributed by atoms with E-state index in [2.05, 4.69) is 10.6 Å². The highest BCUT2D eigenvalue weighted by Crippen LogP contribution is 2.33. The van der Waals surface area contributed by atoms with E-state index >= 15 is 0 Å². The molecule has 5 aromatic carbocycles. The number of carbonyl (C=O) groups is 3. The van der Waals surface area contributed by atoms with Gasteiger partial charge in [0.05, 0.1) is 30.5 Å². The number of hydrogen-bond acceptors (Lipinski definition) is 6. The van der Waals surface area contributed by atoms with Crippen LogP contribution in [0.25, 0.3) is 27.9 Å². The van der Waals surface area contributed by atoms with Crippen LogP contribution in [0.5, 0.6) is 11.5 Å². The molecule has 1 heterocycles. The Labute approximate surface area is 282 Å². The van der Waals surface area contributed by atoms with Crippen molar-refractivity contribution in [3.8, 4) is 11.5 Å². The number of rotatable bonds is 10. The number of amides is 2. The molecule has 0 radical (unpaired) electrons. The van der Waals surface area contributed by atoms with Gasteiger partial charge in [-0.3, -0.25) is 19.0 Å². The maximum absolute atomic E-state index is 13.9. The van der Waals surface area contributed by atoms with E-state index in [4.69, 9.17) is 9.47 Å². The molecule has 1 atom stereocenters. The van der Waals surface area contributed by atoms with Gasteiger partial charge in [-0.05, 0) is 73.7 Å². The highest BCUT2D eigenvalue weighted by atomic mass is 32.2. The molecular weight excluding hydrogens is 623 g/mol. The van der Waals surface area contributed by atoms with Crippen LogP contribution in [0.15, 0.2) is 132 Å². The van der Waals surface area contributed by atoms with Crippen LogP contribution >= 0.6 is 11.8 Å². The number of benzene rings is 5. The van der Waals surface area contributed by atoms with Gasteiger partial charge in [-0.15, -0.1) is 11.8 Å². The third-order valence-electron chi connectivity index (χ3n) is 7.82.